The highest BCUT2D eigenvalue weighted by molar-refractivity contribution is 8.00. The Balaban J connectivity index is 1.79. The van der Waals surface area contributed by atoms with Crippen molar-refractivity contribution in [3.8, 4) is 5.69 Å². The van der Waals surface area contributed by atoms with Gasteiger partial charge >= 0.3 is 10.8 Å². The molecule has 4 aromatic rings. The van der Waals surface area contributed by atoms with E-state index in [4.69, 9.17) is 4.74 Å². The van der Waals surface area contributed by atoms with Gasteiger partial charge in [0, 0.05) is 0 Å². The van der Waals surface area contributed by atoms with Crippen molar-refractivity contribution in [2.45, 2.75) is 37.7 Å². The smallest absolute Gasteiger partial charge is 0.319 e. The SMILES string of the molecule is CCOC(=O)C(C)Sc1nnc(Cn2c(=O)sc3ccccc32)n1-c1ccccc1C. The summed E-state index contributed by atoms with van der Waals surface area (Å²) in [6.07, 6.45) is 0. The Bertz CT molecular complexity index is 1290. The standard InChI is InChI=1S/C22H22N4O3S2/c1-4-29-20(27)15(3)30-21-24-23-19(26(21)16-10-6-5-9-14(16)2)13-25-17-11-7-8-12-18(17)31-22(25)28/h5-12,15H,4,13H2,1-3H3. The van der Waals surface area contributed by atoms with Gasteiger partial charge in [-0.2, -0.15) is 0 Å². The van der Waals surface area contributed by atoms with Gasteiger partial charge in [-0.1, -0.05) is 53.4 Å². The second-order valence-corrected chi connectivity index (χ2v) is 9.26. The quantitative estimate of drug-likeness (QED) is 0.310. The lowest BCUT2D eigenvalue weighted by molar-refractivity contribution is -0.142. The molecule has 0 aliphatic rings. The number of carbonyl (C=O) groups is 1. The minimum Gasteiger partial charge on any atom is -0.465 e. The molecule has 0 saturated carbocycles. The maximum Gasteiger partial charge on any atom is 0.319 e. The van der Waals surface area contributed by atoms with Crippen LogP contribution in [-0.4, -0.2) is 37.2 Å². The molecular weight excluding hydrogens is 432 g/mol. The molecule has 0 aliphatic carbocycles. The number of ether oxygens (including phenoxy) is 1. The zero-order chi connectivity index (χ0) is 22.0. The van der Waals surface area contributed by atoms with E-state index in [2.05, 4.69) is 10.2 Å². The van der Waals surface area contributed by atoms with Crippen molar-refractivity contribution in [3.05, 3.63) is 69.6 Å². The summed E-state index contributed by atoms with van der Waals surface area (Å²) in [5.74, 6) is 0.326. The molecule has 0 radical (unpaired) electrons. The number of benzene rings is 2. The van der Waals surface area contributed by atoms with Gasteiger partial charge < -0.3 is 4.74 Å². The molecule has 0 amide bonds. The van der Waals surface area contributed by atoms with Crippen molar-refractivity contribution in [1.82, 2.24) is 19.3 Å². The number of carbonyl (C=O) groups excluding carboxylic acids is 1. The fourth-order valence-corrected chi connectivity index (χ4v) is 5.07. The molecule has 2 heterocycles. The van der Waals surface area contributed by atoms with Crippen LogP contribution in [0.15, 0.2) is 58.5 Å². The first-order chi connectivity index (χ1) is 15.0. The summed E-state index contributed by atoms with van der Waals surface area (Å²) >= 11 is 2.51. The monoisotopic (exact) mass is 454 g/mol. The van der Waals surface area contributed by atoms with Crippen LogP contribution in [0.25, 0.3) is 15.9 Å². The van der Waals surface area contributed by atoms with E-state index in [1.54, 1.807) is 18.4 Å². The van der Waals surface area contributed by atoms with E-state index in [1.165, 1.54) is 23.1 Å². The molecule has 9 heteroatoms. The van der Waals surface area contributed by atoms with E-state index in [0.717, 1.165) is 21.5 Å². The number of hydrogen-bond donors (Lipinski definition) is 0. The zero-order valence-corrected chi connectivity index (χ0v) is 19.1. The van der Waals surface area contributed by atoms with Gasteiger partial charge in [-0.15, -0.1) is 10.2 Å². The van der Waals surface area contributed by atoms with Gasteiger partial charge in [0.1, 0.15) is 5.25 Å². The Hall–Kier alpha value is -2.91. The minimum atomic E-state index is -0.440. The van der Waals surface area contributed by atoms with Crippen LogP contribution in [0.1, 0.15) is 25.2 Å². The Morgan fingerprint density at radius 2 is 1.90 bits per heavy atom. The third-order valence-corrected chi connectivity index (χ3v) is 6.81. The molecule has 31 heavy (non-hydrogen) atoms. The number of aromatic nitrogens is 4. The number of rotatable bonds is 7. The number of hydrogen-bond acceptors (Lipinski definition) is 7. The fourth-order valence-electron chi connectivity index (χ4n) is 3.31. The highest BCUT2D eigenvalue weighted by atomic mass is 32.2. The van der Waals surface area contributed by atoms with Crippen LogP contribution in [0, 0.1) is 6.92 Å². The molecule has 1 unspecified atom stereocenters. The van der Waals surface area contributed by atoms with E-state index in [1.807, 2.05) is 60.0 Å². The van der Waals surface area contributed by atoms with Crippen LogP contribution in [0.2, 0.25) is 0 Å². The number of fused-ring (bicyclic) bond motifs is 1. The molecule has 0 N–H and O–H groups in total. The predicted molar refractivity (Wildman–Crippen MR) is 123 cm³/mol. The van der Waals surface area contributed by atoms with Gasteiger partial charge in [0.25, 0.3) is 0 Å². The number of nitrogens with zero attached hydrogens (tertiary/aromatic N) is 4. The summed E-state index contributed by atoms with van der Waals surface area (Å²) in [6, 6.07) is 15.6. The van der Waals surface area contributed by atoms with Crippen molar-refractivity contribution in [3.63, 3.8) is 0 Å². The van der Waals surface area contributed by atoms with Crippen LogP contribution in [0.3, 0.4) is 0 Å². The van der Waals surface area contributed by atoms with Gasteiger partial charge in [-0.05, 0) is 44.5 Å². The second kappa shape index (κ2) is 9.07. The second-order valence-electron chi connectivity index (χ2n) is 6.95. The van der Waals surface area contributed by atoms with E-state index in [-0.39, 0.29) is 17.4 Å². The summed E-state index contributed by atoms with van der Waals surface area (Å²) in [7, 11) is 0. The number of aryl methyl sites for hydroxylation is 1. The van der Waals surface area contributed by atoms with Crippen molar-refractivity contribution in [2.24, 2.45) is 0 Å². The Morgan fingerprint density at radius 1 is 1.16 bits per heavy atom. The maximum absolute atomic E-state index is 12.7. The van der Waals surface area contributed by atoms with Crippen molar-refractivity contribution >= 4 is 39.3 Å². The molecular formula is C22H22N4O3S2. The summed E-state index contributed by atoms with van der Waals surface area (Å²) in [4.78, 5) is 24.8. The van der Waals surface area contributed by atoms with Gasteiger partial charge in [0.15, 0.2) is 11.0 Å². The summed E-state index contributed by atoms with van der Waals surface area (Å²) < 4.78 is 9.71. The molecule has 0 saturated heterocycles. The number of para-hydroxylation sites is 2. The van der Waals surface area contributed by atoms with Crippen LogP contribution in [-0.2, 0) is 16.1 Å². The molecule has 2 aromatic heterocycles. The summed E-state index contributed by atoms with van der Waals surface area (Å²) in [5, 5.41) is 8.90. The summed E-state index contributed by atoms with van der Waals surface area (Å²) in [5.41, 5.74) is 2.82. The third kappa shape index (κ3) is 4.28. The Kier molecular flexibility index (Phi) is 6.24. The zero-order valence-electron chi connectivity index (χ0n) is 17.4. The normalized spacial score (nSPS) is 12.2. The fraction of sp³-hybridized carbons (Fsp3) is 0.273. The molecule has 1 atom stereocenters. The van der Waals surface area contributed by atoms with Crippen molar-refractivity contribution in [1.29, 1.82) is 0 Å². The molecule has 160 valence electrons. The lowest BCUT2D eigenvalue weighted by Gasteiger charge is -2.15. The Morgan fingerprint density at radius 3 is 2.68 bits per heavy atom. The van der Waals surface area contributed by atoms with Crippen LogP contribution in [0.5, 0.6) is 0 Å². The molecule has 0 aliphatic heterocycles. The molecule has 0 bridgehead atoms. The van der Waals surface area contributed by atoms with E-state index in [0.29, 0.717) is 17.6 Å². The highest BCUT2D eigenvalue weighted by Crippen LogP contribution is 2.28. The van der Waals surface area contributed by atoms with E-state index >= 15 is 0 Å². The largest absolute Gasteiger partial charge is 0.465 e. The highest BCUT2D eigenvalue weighted by Gasteiger charge is 2.23. The molecule has 2 aromatic carbocycles. The molecule has 7 nitrogen and oxygen atoms in total. The lowest BCUT2D eigenvalue weighted by Crippen LogP contribution is -2.19. The van der Waals surface area contributed by atoms with Gasteiger partial charge in [-0.3, -0.25) is 18.7 Å². The molecule has 0 fully saturated rings. The third-order valence-electron chi connectivity index (χ3n) is 4.83. The predicted octanol–water partition coefficient (Wildman–Crippen LogP) is 4.04. The first kappa shape index (κ1) is 21.3. The topological polar surface area (TPSA) is 79.0 Å². The average Bonchev–Trinajstić information content (AvgIpc) is 3.29. The average molecular weight is 455 g/mol. The molecule has 4 rings (SSSR count). The van der Waals surface area contributed by atoms with Gasteiger partial charge in [-0.25, -0.2) is 0 Å². The molecule has 0 spiro atoms. The van der Waals surface area contributed by atoms with Gasteiger partial charge in [0.05, 0.1) is 29.1 Å². The first-order valence-electron chi connectivity index (χ1n) is 9.91. The maximum atomic E-state index is 12.7. The summed E-state index contributed by atoms with van der Waals surface area (Å²) in [6.45, 7) is 6.18. The minimum absolute atomic E-state index is 0.0466. The van der Waals surface area contributed by atoms with E-state index in [9.17, 15) is 9.59 Å². The van der Waals surface area contributed by atoms with Crippen molar-refractivity contribution in [2.75, 3.05) is 6.61 Å². The van der Waals surface area contributed by atoms with Crippen molar-refractivity contribution < 1.29 is 9.53 Å². The van der Waals surface area contributed by atoms with Crippen LogP contribution >= 0.6 is 23.1 Å². The number of thiazole rings is 1. The van der Waals surface area contributed by atoms with E-state index < -0.39 is 5.25 Å². The lowest BCUT2D eigenvalue weighted by atomic mass is 10.2. The van der Waals surface area contributed by atoms with Crippen LogP contribution in [0.4, 0.5) is 0 Å². The Labute approximate surface area is 187 Å². The number of esters is 1. The van der Waals surface area contributed by atoms with Gasteiger partial charge in [0.2, 0.25) is 0 Å². The first-order valence-corrected chi connectivity index (χ1v) is 11.6. The number of thioether (sulfide) groups is 1. The van der Waals surface area contributed by atoms with Crippen LogP contribution < -0.4 is 4.87 Å².